The fourth-order valence-electron chi connectivity index (χ4n) is 2.82. The number of nitrogens with one attached hydrogen (secondary N) is 2. The van der Waals surface area contributed by atoms with Crippen LogP contribution in [0.4, 0.5) is 4.39 Å². The molecule has 0 bridgehead atoms. The second-order valence-corrected chi connectivity index (χ2v) is 8.71. The van der Waals surface area contributed by atoms with E-state index >= 15 is 0 Å². The summed E-state index contributed by atoms with van der Waals surface area (Å²) in [7, 11) is -3.97. The maximum absolute atomic E-state index is 13.0. The van der Waals surface area contributed by atoms with Crippen LogP contribution in [-0.4, -0.2) is 33.6 Å². The van der Waals surface area contributed by atoms with Gasteiger partial charge in [-0.25, -0.2) is 12.8 Å². The van der Waals surface area contributed by atoms with Gasteiger partial charge in [0.1, 0.15) is 25.1 Å². The van der Waals surface area contributed by atoms with Crippen molar-refractivity contribution >= 4 is 15.9 Å². The van der Waals surface area contributed by atoms with Crippen LogP contribution in [-0.2, 0) is 21.4 Å². The van der Waals surface area contributed by atoms with E-state index < -0.39 is 22.0 Å². The van der Waals surface area contributed by atoms with E-state index in [1.165, 1.54) is 30.3 Å². The Labute approximate surface area is 169 Å². The number of amides is 1. The first-order valence-corrected chi connectivity index (χ1v) is 10.7. The van der Waals surface area contributed by atoms with Gasteiger partial charge in [-0.05, 0) is 35.7 Å². The molecular formula is C20H23FN2O5S. The van der Waals surface area contributed by atoms with Gasteiger partial charge in [0.15, 0.2) is 11.5 Å². The second-order valence-electron chi connectivity index (χ2n) is 6.99. The molecule has 1 aliphatic heterocycles. The molecule has 0 radical (unpaired) electrons. The van der Waals surface area contributed by atoms with Crippen molar-refractivity contribution < 1.29 is 27.1 Å². The highest BCUT2D eigenvalue weighted by atomic mass is 32.2. The van der Waals surface area contributed by atoms with Crippen molar-refractivity contribution in [1.29, 1.82) is 0 Å². The maximum atomic E-state index is 13.0. The molecule has 1 aliphatic rings. The molecule has 29 heavy (non-hydrogen) atoms. The van der Waals surface area contributed by atoms with Crippen LogP contribution >= 0.6 is 0 Å². The average molecular weight is 422 g/mol. The summed E-state index contributed by atoms with van der Waals surface area (Å²) in [5.41, 5.74) is 0.706. The zero-order valence-corrected chi connectivity index (χ0v) is 17.0. The Bertz CT molecular complexity index is 977. The molecule has 2 aromatic rings. The van der Waals surface area contributed by atoms with E-state index in [9.17, 15) is 17.6 Å². The minimum atomic E-state index is -3.97. The summed E-state index contributed by atoms with van der Waals surface area (Å²) in [6.45, 7) is 4.39. The van der Waals surface area contributed by atoms with Gasteiger partial charge in [-0.1, -0.05) is 26.0 Å². The van der Waals surface area contributed by atoms with E-state index in [1.54, 1.807) is 26.0 Å². The van der Waals surface area contributed by atoms with Crippen LogP contribution in [0.15, 0.2) is 47.4 Å². The van der Waals surface area contributed by atoms with Gasteiger partial charge in [0, 0.05) is 12.6 Å². The fraction of sp³-hybridized carbons (Fsp3) is 0.350. The van der Waals surface area contributed by atoms with Crippen LogP contribution in [0.25, 0.3) is 0 Å². The van der Waals surface area contributed by atoms with Crippen LogP contribution in [0.1, 0.15) is 19.4 Å². The van der Waals surface area contributed by atoms with Gasteiger partial charge >= 0.3 is 0 Å². The topological polar surface area (TPSA) is 93.7 Å². The Morgan fingerprint density at radius 3 is 2.38 bits per heavy atom. The van der Waals surface area contributed by atoms with Gasteiger partial charge in [0.2, 0.25) is 15.9 Å². The number of rotatable bonds is 7. The van der Waals surface area contributed by atoms with Gasteiger partial charge in [-0.3, -0.25) is 4.79 Å². The number of carbonyl (C=O) groups is 1. The van der Waals surface area contributed by atoms with E-state index in [1.807, 2.05) is 0 Å². The van der Waals surface area contributed by atoms with E-state index in [2.05, 4.69) is 10.0 Å². The lowest BCUT2D eigenvalue weighted by molar-refractivity contribution is -0.123. The summed E-state index contributed by atoms with van der Waals surface area (Å²) in [5.74, 6) is -0.304. The highest BCUT2D eigenvalue weighted by Gasteiger charge is 2.29. The number of benzene rings is 2. The summed E-state index contributed by atoms with van der Waals surface area (Å²) >= 11 is 0. The van der Waals surface area contributed by atoms with Crippen molar-refractivity contribution in [3.05, 3.63) is 53.8 Å². The number of hydrogen-bond acceptors (Lipinski definition) is 5. The molecule has 0 aliphatic carbocycles. The lowest BCUT2D eigenvalue weighted by atomic mass is 10.0. The Kier molecular flexibility index (Phi) is 6.39. The first-order valence-electron chi connectivity index (χ1n) is 9.20. The van der Waals surface area contributed by atoms with Crippen LogP contribution in [0.3, 0.4) is 0 Å². The predicted molar refractivity (Wildman–Crippen MR) is 105 cm³/mol. The minimum Gasteiger partial charge on any atom is -0.486 e. The van der Waals surface area contributed by atoms with Crippen molar-refractivity contribution in [3.8, 4) is 11.5 Å². The summed E-state index contributed by atoms with van der Waals surface area (Å²) in [5, 5.41) is 2.69. The highest BCUT2D eigenvalue weighted by molar-refractivity contribution is 7.89. The van der Waals surface area contributed by atoms with Crippen molar-refractivity contribution in [2.75, 3.05) is 13.2 Å². The molecular weight excluding hydrogens is 399 g/mol. The van der Waals surface area contributed by atoms with E-state index in [4.69, 9.17) is 9.47 Å². The summed E-state index contributed by atoms with van der Waals surface area (Å²) < 4.78 is 51.9. The van der Waals surface area contributed by atoms with Crippen molar-refractivity contribution in [1.82, 2.24) is 10.0 Å². The lowest BCUT2D eigenvalue weighted by Crippen LogP contribution is -2.49. The van der Waals surface area contributed by atoms with Gasteiger partial charge in [-0.15, -0.1) is 0 Å². The van der Waals surface area contributed by atoms with E-state index in [0.29, 0.717) is 30.3 Å². The number of carbonyl (C=O) groups excluding carboxylic acids is 1. The first-order chi connectivity index (χ1) is 13.8. The normalized spacial score (nSPS) is 14.5. The SMILES string of the molecule is CC(C)C(NS(=O)(=O)c1ccc2c(c1)OCCO2)C(=O)NCc1ccc(F)cc1. The molecule has 7 nitrogen and oxygen atoms in total. The Hall–Kier alpha value is -2.65. The maximum Gasteiger partial charge on any atom is 0.241 e. The third kappa shape index (κ3) is 5.24. The molecule has 1 atom stereocenters. The molecule has 9 heteroatoms. The minimum absolute atomic E-state index is 0.0151. The largest absolute Gasteiger partial charge is 0.486 e. The fourth-order valence-corrected chi connectivity index (χ4v) is 4.18. The predicted octanol–water partition coefficient (Wildman–Crippen LogP) is 2.22. The zero-order chi connectivity index (χ0) is 21.0. The van der Waals surface area contributed by atoms with Crippen molar-refractivity contribution in [3.63, 3.8) is 0 Å². The number of fused-ring (bicyclic) bond motifs is 1. The molecule has 156 valence electrons. The van der Waals surface area contributed by atoms with Crippen LogP contribution in [0, 0.1) is 11.7 Å². The standard InChI is InChI=1S/C20H23FN2O5S/c1-13(2)19(20(24)22-12-14-3-5-15(21)6-4-14)23-29(25,26)16-7-8-17-18(11-16)28-10-9-27-17/h3-8,11,13,19,23H,9-10,12H2,1-2H3,(H,22,24). The first kappa shape index (κ1) is 21.1. The molecule has 0 aromatic heterocycles. The smallest absolute Gasteiger partial charge is 0.241 e. The van der Waals surface area contributed by atoms with E-state index in [-0.39, 0.29) is 23.2 Å². The van der Waals surface area contributed by atoms with Gasteiger partial charge in [-0.2, -0.15) is 4.72 Å². The molecule has 3 rings (SSSR count). The van der Waals surface area contributed by atoms with Crippen molar-refractivity contribution in [2.24, 2.45) is 5.92 Å². The number of halogens is 1. The van der Waals surface area contributed by atoms with E-state index in [0.717, 1.165) is 0 Å². The Morgan fingerprint density at radius 1 is 1.07 bits per heavy atom. The van der Waals surface area contributed by atoms with Crippen LogP contribution < -0.4 is 19.5 Å². The molecule has 1 amide bonds. The molecule has 0 saturated carbocycles. The van der Waals surface area contributed by atoms with Crippen molar-refractivity contribution in [2.45, 2.75) is 31.3 Å². The second kappa shape index (κ2) is 8.79. The molecule has 0 fully saturated rings. The van der Waals surface area contributed by atoms with Gasteiger partial charge in [0.05, 0.1) is 4.90 Å². The lowest BCUT2D eigenvalue weighted by Gasteiger charge is -2.23. The number of hydrogen-bond donors (Lipinski definition) is 2. The molecule has 2 N–H and O–H groups in total. The Morgan fingerprint density at radius 2 is 1.72 bits per heavy atom. The number of sulfonamides is 1. The third-order valence-corrected chi connectivity index (χ3v) is 5.87. The summed E-state index contributed by atoms with van der Waals surface area (Å²) in [6, 6.07) is 9.04. The molecule has 0 spiro atoms. The van der Waals surface area contributed by atoms with Gasteiger partial charge < -0.3 is 14.8 Å². The monoisotopic (exact) mass is 422 g/mol. The highest BCUT2D eigenvalue weighted by Crippen LogP contribution is 2.32. The zero-order valence-electron chi connectivity index (χ0n) is 16.1. The number of ether oxygens (including phenoxy) is 2. The molecule has 1 unspecified atom stereocenters. The molecule has 2 aromatic carbocycles. The Balaban J connectivity index is 1.71. The molecule has 0 saturated heterocycles. The summed E-state index contributed by atoms with van der Waals surface area (Å²) in [6.07, 6.45) is 0. The molecule has 1 heterocycles. The summed E-state index contributed by atoms with van der Waals surface area (Å²) in [4.78, 5) is 12.6. The van der Waals surface area contributed by atoms with Crippen LogP contribution in [0.2, 0.25) is 0 Å². The average Bonchev–Trinajstić information content (AvgIpc) is 2.71. The van der Waals surface area contributed by atoms with Crippen LogP contribution in [0.5, 0.6) is 11.5 Å². The third-order valence-electron chi connectivity index (χ3n) is 4.44. The van der Waals surface area contributed by atoms with Gasteiger partial charge in [0.25, 0.3) is 0 Å². The quantitative estimate of drug-likeness (QED) is 0.714.